The Kier molecular flexibility index (Phi) is 6.05. The summed E-state index contributed by atoms with van der Waals surface area (Å²) in [5, 5.41) is 4.71. The molecule has 2 saturated heterocycles. The van der Waals surface area contributed by atoms with Crippen LogP contribution in [0.1, 0.15) is 42.7 Å². The number of urea groups is 1. The number of imide groups is 1. The van der Waals surface area contributed by atoms with Crippen molar-refractivity contribution in [3.63, 3.8) is 0 Å². The standard InChI is InChI=1S/C25H27N5O3S/c1-2-25(18-10-4-3-5-11-18)23(32)30(24(33)27-25)28-21(31)16-29-14-8-9-17(15-29)22-26-19-12-6-7-13-20(19)34-22/h3-7,10-13,17H,2,8-9,14-16H2,1H3,(H,27,33)(H,28,31)/t17-,25+/m1/s1. The molecule has 0 spiro atoms. The minimum absolute atomic E-state index is 0.114. The average Bonchev–Trinajstić information content (AvgIpc) is 3.40. The van der Waals surface area contributed by atoms with Crippen molar-refractivity contribution in [1.82, 2.24) is 25.6 Å². The first-order valence-electron chi connectivity index (χ1n) is 11.6. The highest BCUT2D eigenvalue weighted by molar-refractivity contribution is 7.18. The molecule has 176 valence electrons. The number of para-hydroxylation sites is 1. The predicted octanol–water partition coefficient (Wildman–Crippen LogP) is 3.36. The van der Waals surface area contributed by atoms with Gasteiger partial charge in [-0.2, -0.15) is 5.01 Å². The van der Waals surface area contributed by atoms with Gasteiger partial charge in [0.2, 0.25) is 0 Å². The van der Waals surface area contributed by atoms with Crippen molar-refractivity contribution in [2.45, 2.75) is 37.6 Å². The third-order valence-corrected chi connectivity index (χ3v) is 7.86. The molecule has 9 heteroatoms. The van der Waals surface area contributed by atoms with Gasteiger partial charge in [-0.05, 0) is 43.5 Å². The monoisotopic (exact) mass is 477 g/mol. The number of thiazole rings is 1. The maximum atomic E-state index is 13.2. The maximum absolute atomic E-state index is 13.2. The third-order valence-electron chi connectivity index (χ3n) is 6.66. The number of fused-ring (bicyclic) bond motifs is 1. The lowest BCUT2D eigenvalue weighted by atomic mass is 9.87. The first-order valence-corrected chi connectivity index (χ1v) is 12.4. The fourth-order valence-corrected chi connectivity index (χ4v) is 5.96. The summed E-state index contributed by atoms with van der Waals surface area (Å²) in [6.07, 6.45) is 2.37. The molecule has 2 N–H and O–H groups in total. The zero-order valence-corrected chi connectivity index (χ0v) is 19.8. The number of amides is 4. The molecule has 0 aliphatic carbocycles. The molecule has 2 atom stereocenters. The first kappa shape index (κ1) is 22.5. The molecular weight excluding hydrogens is 450 g/mol. The molecule has 2 aliphatic heterocycles. The topological polar surface area (TPSA) is 94.6 Å². The summed E-state index contributed by atoms with van der Waals surface area (Å²) in [7, 11) is 0. The van der Waals surface area contributed by atoms with E-state index in [1.54, 1.807) is 11.3 Å². The van der Waals surface area contributed by atoms with E-state index >= 15 is 0 Å². The van der Waals surface area contributed by atoms with E-state index < -0.39 is 17.5 Å². The molecule has 2 aromatic carbocycles. The van der Waals surface area contributed by atoms with Gasteiger partial charge in [0.25, 0.3) is 11.8 Å². The van der Waals surface area contributed by atoms with E-state index in [0.717, 1.165) is 41.5 Å². The van der Waals surface area contributed by atoms with Crippen molar-refractivity contribution in [3.05, 3.63) is 65.2 Å². The van der Waals surface area contributed by atoms with Crippen molar-refractivity contribution >= 4 is 39.4 Å². The Morgan fingerprint density at radius 1 is 1.18 bits per heavy atom. The van der Waals surface area contributed by atoms with Gasteiger partial charge in [0.15, 0.2) is 0 Å². The van der Waals surface area contributed by atoms with E-state index in [-0.39, 0.29) is 18.4 Å². The number of nitrogens with one attached hydrogen (secondary N) is 2. The fraction of sp³-hybridized carbons (Fsp3) is 0.360. The van der Waals surface area contributed by atoms with Gasteiger partial charge in [-0.15, -0.1) is 11.3 Å². The molecular formula is C25H27N5O3S. The number of nitrogens with zero attached hydrogens (tertiary/aromatic N) is 3. The van der Waals surface area contributed by atoms with Gasteiger partial charge in [-0.3, -0.25) is 19.9 Å². The normalized spacial score (nSPS) is 23.3. The van der Waals surface area contributed by atoms with Crippen LogP contribution < -0.4 is 10.7 Å². The summed E-state index contributed by atoms with van der Waals surface area (Å²) >= 11 is 1.71. The van der Waals surface area contributed by atoms with Crippen LogP contribution >= 0.6 is 11.3 Å². The smallest absolute Gasteiger partial charge is 0.318 e. The molecule has 3 heterocycles. The van der Waals surface area contributed by atoms with Crippen LogP contribution in [0.5, 0.6) is 0 Å². The molecule has 0 saturated carbocycles. The predicted molar refractivity (Wildman–Crippen MR) is 130 cm³/mol. The van der Waals surface area contributed by atoms with Crippen LogP contribution in [0.15, 0.2) is 54.6 Å². The van der Waals surface area contributed by atoms with E-state index in [9.17, 15) is 14.4 Å². The first-order chi connectivity index (χ1) is 16.5. The Bertz CT molecular complexity index is 1200. The van der Waals surface area contributed by atoms with Crippen molar-refractivity contribution in [2.75, 3.05) is 19.6 Å². The van der Waals surface area contributed by atoms with Crippen molar-refractivity contribution in [3.8, 4) is 0 Å². The summed E-state index contributed by atoms with van der Waals surface area (Å²) in [5.74, 6) is -0.583. The minimum atomic E-state index is -1.17. The van der Waals surface area contributed by atoms with Gasteiger partial charge < -0.3 is 5.32 Å². The zero-order chi connectivity index (χ0) is 23.7. The molecule has 5 rings (SSSR count). The lowest BCUT2D eigenvalue weighted by Gasteiger charge is -2.31. The average molecular weight is 478 g/mol. The number of hydrazine groups is 1. The van der Waals surface area contributed by atoms with E-state index in [4.69, 9.17) is 4.98 Å². The number of hydrogen-bond donors (Lipinski definition) is 2. The fourth-order valence-electron chi connectivity index (χ4n) is 4.87. The highest BCUT2D eigenvalue weighted by Gasteiger charge is 2.52. The summed E-state index contributed by atoms with van der Waals surface area (Å²) in [4.78, 5) is 45.6. The Morgan fingerprint density at radius 3 is 2.71 bits per heavy atom. The Labute approximate surface area is 201 Å². The van der Waals surface area contributed by atoms with Gasteiger partial charge in [0.1, 0.15) is 5.54 Å². The van der Waals surface area contributed by atoms with Crippen LogP contribution in [0.25, 0.3) is 10.2 Å². The molecule has 1 aromatic heterocycles. The number of aromatic nitrogens is 1. The highest BCUT2D eigenvalue weighted by Crippen LogP contribution is 2.33. The Hall–Kier alpha value is -3.30. The van der Waals surface area contributed by atoms with Crippen molar-refractivity contribution in [1.29, 1.82) is 0 Å². The summed E-state index contributed by atoms with van der Waals surface area (Å²) < 4.78 is 1.17. The van der Waals surface area contributed by atoms with Crippen LogP contribution in [-0.4, -0.2) is 52.4 Å². The Balaban J connectivity index is 1.24. The number of benzene rings is 2. The highest BCUT2D eigenvalue weighted by atomic mass is 32.1. The van der Waals surface area contributed by atoms with Crippen LogP contribution in [0.2, 0.25) is 0 Å². The largest absolute Gasteiger partial charge is 0.344 e. The molecule has 0 bridgehead atoms. The molecule has 0 unspecified atom stereocenters. The van der Waals surface area contributed by atoms with Crippen LogP contribution in [0.4, 0.5) is 4.79 Å². The van der Waals surface area contributed by atoms with Crippen LogP contribution in [0.3, 0.4) is 0 Å². The SMILES string of the molecule is CC[C@@]1(c2ccccc2)NC(=O)N(NC(=O)CN2CCC[C@@H](c3nc4ccccc4s3)C2)C1=O. The second kappa shape index (κ2) is 9.15. The summed E-state index contributed by atoms with van der Waals surface area (Å²) in [6.45, 7) is 3.46. The van der Waals surface area contributed by atoms with Crippen molar-refractivity contribution < 1.29 is 14.4 Å². The van der Waals surface area contributed by atoms with Crippen LogP contribution in [-0.2, 0) is 15.1 Å². The molecule has 3 aromatic rings. The number of carbonyl (C=O) groups excluding carboxylic acids is 3. The number of carbonyl (C=O) groups is 3. The molecule has 2 aliphatic rings. The molecule has 34 heavy (non-hydrogen) atoms. The number of piperidine rings is 1. The number of likely N-dealkylation sites (tertiary alicyclic amines) is 1. The lowest BCUT2D eigenvalue weighted by molar-refractivity contribution is -0.140. The Morgan fingerprint density at radius 2 is 1.94 bits per heavy atom. The van der Waals surface area contributed by atoms with E-state index in [1.807, 2.05) is 55.5 Å². The molecule has 2 fully saturated rings. The van der Waals surface area contributed by atoms with Gasteiger partial charge >= 0.3 is 6.03 Å². The van der Waals surface area contributed by atoms with E-state index in [1.165, 1.54) is 4.70 Å². The van der Waals surface area contributed by atoms with Gasteiger partial charge in [0, 0.05) is 12.5 Å². The summed E-state index contributed by atoms with van der Waals surface area (Å²) in [5.41, 5.74) is 3.07. The van der Waals surface area contributed by atoms with Crippen molar-refractivity contribution in [2.24, 2.45) is 0 Å². The number of rotatable bonds is 6. The van der Waals surface area contributed by atoms with Crippen LogP contribution in [0, 0.1) is 0 Å². The summed E-state index contributed by atoms with van der Waals surface area (Å²) in [6, 6.07) is 16.6. The van der Waals surface area contributed by atoms with Gasteiger partial charge in [0.05, 0.1) is 21.8 Å². The molecule has 8 nitrogen and oxygen atoms in total. The number of hydrogen-bond acceptors (Lipinski definition) is 6. The molecule has 4 amide bonds. The third kappa shape index (κ3) is 4.05. The second-order valence-corrected chi connectivity index (χ2v) is 9.89. The van der Waals surface area contributed by atoms with Gasteiger partial charge in [-0.1, -0.05) is 49.4 Å². The van der Waals surface area contributed by atoms with E-state index in [0.29, 0.717) is 12.0 Å². The minimum Gasteiger partial charge on any atom is -0.318 e. The second-order valence-electron chi connectivity index (χ2n) is 8.82. The van der Waals surface area contributed by atoms with E-state index in [2.05, 4.69) is 21.7 Å². The zero-order valence-electron chi connectivity index (χ0n) is 19.0. The van der Waals surface area contributed by atoms with Gasteiger partial charge in [-0.25, -0.2) is 9.78 Å². The lowest BCUT2D eigenvalue weighted by Crippen LogP contribution is -2.51. The molecule has 0 radical (unpaired) electrons. The maximum Gasteiger partial charge on any atom is 0.344 e. The quantitative estimate of drug-likeness (QED) is 0.531.